The second-order valence-electron chi connectivity index (χ2n) is 16.2. The Morgan fingerprint density at radius 2 is 0.718 bits per heavy atom. The molecule has 78 heavy (non-hydrogen) atoms. The molecule has 0 aliphatic rings. The number of hydrogen-bond acceptors (Lipinski definition) is 12. The molecule has 8 rings (SSSR count). The van der Waals surface area contributed by atoms with Gasteiger partial charge in [-0.1, -0.05) is 109 Å². The molecule has 0 bridgehead atoms. The van der Waals surface area contributed by atoms with Crippen molar-refractivity contribution < 1.29 is 76.8 Å². The lowest BCUT2D eigenvalue weighted by molar-refractivity contribution is 0.0680. The molecule has 0 fully saturated rings. The maximum Gasteiger partial charge on any atom is 0.339 e. The Balaban J connectivity index is 0.000000198. The van der Waals surface area contributed by atoms with Crippen molar-refractivity contribution in [3.63, 3.8) is 0 Å². The fourth-order valence-electron chi connectivity index (χ4n) is 6.95. The predicted octanol–water partition coefficient (Wildman–Crippen LogP) is 10.9. The van der Waals surface area contributed by atoms with Gasteiger partial charge in [-0.3, -0.25) is 9.59 Å². The van der Waals surface area contributed by atoms with Crippen LogP contribution in [0, 0.1) is 11.6 Å². The summed E-state index contributed by atoms with van der Waals surface area (Å²) >= 11 is 0. The first-order chi connectivity index (χ1) is 37.7. The minimum Gasteiger partial charge on any atom is -0.504 e. The van der Waals surface area contributed by atoms with Crippen molar-refractivity contribution in [2.45, 2.75) is 26.3 Å². The number of carboxylic acids is 2. The Morgan fingerprint density at radius 1 is 0.385 bits per heavy atom. The second kappa shape index (κ2) is 30.3. The highest BCUT2D eigenvalue weighted by Gasteiger charge is 2.19. The Labute approximate surface area is 448 Å². The SMILES string of the molecule is COc1cccc(C(=O)NCc2ccc(F)cc2)c1O.COc1cccc(C(=O)NCc2ccc(F)cc2)c1OCc1ccccc1.COc1cccc(C(=O)O)c1O.COc1cccc(C(=O)O)c1OCc1ccccc1. The van der Waals surface area contributed by atoms with E-state index in [1.165, 1.54) is 83.0 Å². The molecule has 8 aromatic carbocycles. The number of amides is 2. The number of phenolic OH excluding ortho intramolecular Hbond substituents is 1. The van der Waals surface area contributed by atoms with Crippen LogP contribution in [0.2, 0.25) is 0 Å². The summed E-state index contributed by atoms with van der Waals surface area (Å²) in [5.74, 6) is -2.17. The van der Waals surface area contributed by atoms with Crippen molar-refractivity contribution in [2.75, 3.05) is 28.4 Å². The number of methoxy groups -OCH3 is 4. The Morgan fingerprint density at radius 3 is 1.12 bits per heavy atom. The van der Waals surface area contributed by atoms with Crippen LogP contribution < -0.4 is 39.1 Å². The number of aromatic hydroxyl groups is 2. The van der Waals surface area contributed by atoms with Gasteiger partial charge in [-0.05, 0) is 95.1 Å². The lowest BCUT2D eigenvalue weighted by atomic mass is 10.1. The summed E-state index contributed by atoms with van der Waals surface area (Å²) in [5.41, 5.74) is 3.97. The fourth-order valence-corrected chi connectivity index (χ4v) is 6.95. The van der Waals surface area contributed by atoms with Crippen LogP contribution >= 0.6 is 0 Å². The summed E-state index contributed by atoms with van der Waals surface area (Å²) in [5, 5.41) is 42.3. The summed E-state index contributed by atoms with van der Waals surface area (Å²) < 4.78 is 57.4. The highest BCUT2D eigenvalue weighted by atomic mass is 19.1. The number of benzene rings is 8. The molecular formula is C60H56F2N2O14. The van der Waals surface area contributed by atoms with E-state index in [-0.39, 0.29) is 76.1 Å². The number of para-hydroxylation sites is 4. The standard InChI is InChI=1S/C22H20FNO3.C15H14FNO3.C15H14O4.C8H8O4/c1-26-20-9-5-8-19(21(20)27-15-17-6-3-2-4-7-17)22(25)24-14-16-10-12-18(23)13-11-16;1-20-13-4-2-3-12(14(13)18)15(19)17-9-10-5-7-11(16)8-6-10;1-18-13-9-5-8-12(15(16)17)14(13)19-10-11-6-3-2-4-7-11;1-12-6-4-2-3-5(7(6)9)8(10)11/h2-13H,14-15H2,1H3,(H,24,25);2-8,18H,9H2,1H3,(H,17,19);2-9H,10H2,1H3,(H,16,17);2-4,9H,1H3,(H,10,11). The molecule has 0 atom stereocenters. The average Bonchev–Trinajstić information content (AvgIpc) is 3.48. The zero-order chi connectivity index (χ0) is 56.4. The van der Waals surface area contributed by atoms with Crippen LogP contribution in [0.25, 0.3) is 0 Å². The molecule has 2 amide bonds. The molecule has 404 valence electrons. The van der Waals surface area contributed by atoms with Gasteiger partial charge in [0.1, 0.15) is 36.0 Å². The minimum absolute atomic E-state index is 0.0929. The number of rotatable bonds is 18. The number of carboxylic acid groups (broad SMARTS) is 2. The number of carbonyl (C=O) groups is 4. The van der Waals surface area contributed by atoms with Gasteiger partial charge in [-0.15, -0.1) is 0 Å². The lowest BCUT2D eigenvalue weighted by Gasteiger charge is -2.15. The smallest absolute Gasteiger partial charge is 0.339 e. The first-order valence-electron chi connectivity index (χ1n) is 23.6. The van der Waals surface area contributed by atoms with Crippen molar-refractivity contribution in [3.8, 4) is 46.0 Å². The van der Waals surface area contributed by atoms with E-state index < -0.39 is 17.8 Å². The van der Waals surface area contributed by atoms with E-state index in [0.717, 1.165) is 22.3 Å². The summed E-state index contributed by atoms with van der Waals surface area (Å²) in [6, 6.07) is 50.0. The van der Waals surface area contributed by atoms with Gasteiger partial charge >= 0.3 is 11.9 Å². The maximum absolute atomic E-state index is 13.0. The van der Waals surface area contributed by atoms with E-state index in [4.69, 9.17) is 38.6 Å². The van der Waals surface area contributed by atoms with Crippen LogP contribution in [0.4, 0.5) is 8.78 Å². The number of hydrogen-bond donors (Lipinski definition) is 6. The number of phenols is 2. The number of carbonyl (C=O) groups excluding carboxylic acids is 2. The van der Waals surface area contributed by atoms with Crippen molar-refractivity contribution in [1.29, 1.82) is 0 Å². The summed E-state index contributed by atoms with van der Waals surface area (Å²) in [6.45, 7) is 1.14. The zero-order valence-corrected chi connectivity index (χ0v) is 42.8. The van der Waals surface area contributed by atoms with Crippen molar-refractivity contribution in [2.24, 2.45) is 0 Å². The number of ether oxygens (including phenoxy) is 6. The molecule has 0 radical (unpaired) electrons. The molecule has 18 heteroatoms. The van der Waals surface area contributed by atoms with E-state index in [1.807, 2.05) is 60.7 Å². The average molecular weight is 1070 g/mol. The summed E-state index contributed by atoms with van der Waals surface area (Å²) in [6.07, 6.45) is 0. The molecule has 0 aromatic heterocycles. The van der Waals surface area contributed by atoms with Crippen LogP contribution in [0.15, 0.2) is 182 Å². The molecule has 8 aromatic rings. The van der Waals surface area contributed by atoms with E-state index in [0.29, 0.717) is 36.0 Å². The molecule has 0 heterocycles. The monoisotopic (exact) mass is 1070 g/mol. The predicted molar refractivity (Wildman–Crippen MR) is 286 cm³/mol. The quantitative estimate of drug-likeness (QED) is 0.0470. The Kier molecular flexibility index (Phi) is 22.8. The normalized spacial score (nSPS) is 10.0. The van der Waals surface area contributed by atoms with Gasteiger partial charge in [-0.25, -0.2) is 18.4 Å². The van der Waals surface area contributed by atoms with Crippen LogP contribution in [-0.2, 0) is 26.3 Å². The van der Waals surface area contributed by atoms with Gasteiger partial charge in [0.2, 0.25) is 0 Å². The highest BCUT2D eigenvalue weighted by molar-refractivity contribution is 5.98. The highest BCUT2D eigenvalue weighted by Crippen LogP contribution is 2.34. The van der Waals surface area contributed by atoms with Crippen LogP contribution in [-0.4, -0.2) is 72.6 Å². The van der Waals surface area contributed by atoms with Gasteiger partial charge in [0, 0.05) is 13.1 Å². The van der Waals surface area contributed by atoms with Crippen LogP contribution in [0.3, 0.4) is 0 Å². The summed E-state index contributed by atoms with van der Waals surface area (Å²) in [7, 11) is 5.79. The zero-order valence-electron chi connectivity index (χ0n) is 42.8. The third kappa shape index (κ3) is 17.5. The number of aromatic carboxylic acids is 2. The second-order valence-corrected chi connectivity index (χ2v) is 16.2. The number of nitrogens with one attached hydrogen (secondary N) is 2. The molecular weight excluding hydrogens is 1010 g/mol. The van der Waals surface area contributed by atoms with E-state index >= 15 is 0 Å². The third-order valence-electron chi connectivity index (χ3n) is 11.0. The maximum atomic E-state index is 13.0. The molecule has 0 aliphatic heterocycles. The van der Waals surface area contributed by atoms with Gasteiger partial charge in [0.25, 0.3) is 11.8 Å². The fraction of sp³-hybridized carbons (Fsp3) is 0.133. The third-order valence-corrected chi connectivity index (χ3v) is 11.0. The molecule has 6 N–H and O–H groups in total. The van der Waals surface area contributed by atoms with Gasteiger partial charge in [0.15, 0.2) is 46.0 Å². The van der Waals surface area contributed by atoms with Crippen LogP contribution in [0.5, 0.6) is 46.0 Å². The van der Waals surface area contributed by atoms with Crippen molar-refractivity contribution >= 4 is 23.8 Å². The Hall–Kier alpha value is -10.1. The van der Waals surface area contributed by atoms with Crippen molar-refractivity contribution in [3.05, 3.63) is 238 Å². The van der Waals surface area contributed by atoms with Gasteiger partial charge in [-0.2, -0.15) is 0 Å². The molecule has 0 spiro atoms. The molecule has 0 saturated carbocycles. The van der Waals surface area contributed by atoms with Gasteiger partial charge in [0.05, 0.1) is 39.6 Å². The van der Waals surface area contributed by atoms with Crippen molar-refractivity contribution in [1.82, 2.24) is 10.6 Å². The lowest BCUT2D eigenvalue weighted by Crippen LogP contribution is -2.23. The number of halogens is 2. The molecule has 0 aliphatic carbocycles. The van der Waals surface area contributed by atoms with E-state index in [9.17, 15) is 38.2 Å². The largest absolute Gasteiger partial charge is 0.504 e. The molecule has 16 nitrogen and oxygen atoms in total. The molecule has 0 unspecified atom stereocenters. The minimum atomic E-state index is -1.17. The van der Waals surface area contributed by atoms with Crippen LogP contribution in [0.1, 0.15) is 63.7 Å². The van der Waals surface area contributed by atoms with Gasteiger partial charge < -0.3 is 59.5 Å². The topological polar surface area (TPSA) is 229 Å². The Bertz CT molecular complexity index is 3220. The molecule has 0 saturated heterocycles. The van der Waals surface area contributed by atoms with E-state index in [1.54, 1.807) is 66.7 Å². The van der Waals surface area contributed by atoms with E-state index in [2.05, 4.69) is 10.6 Å². The first-order valence-corrected chi connectivity index (χ1v) is 23.6. The first kappa shape index (κ1) is 58.8. The summed E-state index contributed by atoms with van der Waals surface area (Å²) in [4.78, 5) is 46.3.